The molecule has 1 unspecified atom stereocenters. The molecule has 0 aliphatic heterocycles. The number of unbranched alkanes of at least 4 members (excludes halogenated alkanes) is 4. The summed E-state index contributed by atoms with van der Waals surface area (Å²) < 4.78 is 0. The van der Waals surface area contributed by atoms with Crippen molar-refractivity contribution < 1.29 is 0 Å². The predicted molar refractivity (Wildman–Crippen MR) is 75.8 cm³/mol. The minimum atomic E-state index is 0.236. The van der Waals surface area contributed by atoms with E-state index in [9.17, 15) is 0 Å². The number of rotatable bonds is 7. The molecule has 16 heavy (non-hydrogen) atoms. The largest absolute Gasteiger partial charge is 0.144 e. The third-order valence-electron chi connectivity index (χ3n) is 2.92. The molecule has 0 radical (unpaired) electrons. The van der Waals surface area contributed by atoms with Gasteiger partial charge in [0.1, 0.15) is 0 Å². The Bertz CT molecular complexity index is 304. The van der Waals surface area contributed by atoms with Gasteiger partial charge in [-0.15, -0.1) is 22.9 Å². The second kappa shape index (κ2) is 7.34. The Morgan fingerprint density at radius 1 is 1.19 bits per heavy atom. The molecule has 0 saturated carbocycles. The van der Waals surface area contributed by atoms with Gasteiger partial charge in [-0.05, 0) is 31.9 Å². The fourth-order valence-electron chi connectivity index (χ4n) is 2.03. The van der Waals surface area contributed by atoms with Gasteiger partial charge in [0, 0.05) is 9.75 Å². The maximum Gasteiger partial charge on any atom is 0.0681 e. The first-order valence-electron chi connectivity index (χ1n) is 6.36. The summed E-state index contributed by atoms with van der Waals surface area (Å²) in [6, 6.07) is 2.24. The van der Waals surface area contributed by atoms with Gasteiger partial charge in [-0.25, -0.2) is 0 Å². The van der Waals surface area contributed by atoms with Crippen LogP contribution >= 0.6 is 22.9 Å². The van der Waals surface area contributed by atoms with Crippen LogP contribution in [0.4, 0.5) is 0 Å². The summed E-state index contributed by atoms with van der Waals surface area (Å²) in [5, 5.41) is 0.236. The molecule has 0 N–H and O–H groups in total. The van der Waals surface area contributed by atoms with Crippen molar-refractivity contribution in [2.45, 2.75) is 64.7 Å². The molecule has 2 heteroatoms. The van der Waals surface area contributed by atoms with Gasteiger partial charge in [0.25, 0.3) is 0 Å². The highest BCUT2D eigenvalue weighted by Gasteiger charge is 2.12. The van der Waals surface area contributed by atoms with Crippen molar-refractivity contribution >= 4 is 22.9 Å². The molecule has 0 amide bonds. The molecular formula is C14H23ClS. The minimum Gasteiger partial charge on any atom is -0.144 e. The molecule has 1 rings (SSSR count). The summed E-state index contributed by atoms with van der Waals surface area (Å²) in [5.41, 5.74) is 1.37. The van der Waals surface area contributed by atoms with Crippen LogP contribution in [-0.2, 0) is 0 Å². The van der Waals surface area contributed by atoms with E-state index in [2.05, 4.69) is 26.8 Å². The molecule has 0 aliphatic rings. The topological polar surface area (TPSA) is 0 Å². The summed E-state index contributed by atoms with van der Waals surface area (Å²) in [4.78, 5) is 2.76. The van der Waals surface area contributed by atoms with Crippen molar-refractivity contribution in [3.05, 3.63) is 21.4 Å². The summed E-state index contributed by atoms with van der Waals surface area (Å²) in [7, 11) is 0. The second-order valence-corrected chi connectivity index (χ2v) is 6.39. The van der Waals surface area contributed by atoms with E-state index in [4.69, 9.17) is 11.6 Å². The normalized spacial score (nSPS) is 13.0. The zero-order chi connectivity index (χ0) is 12.0. The first-order valence-corrected chi connectivity index (χ1v) is 7.61. The van der Waals surface area contributed by atoms with Crippen LogP contribution in [0, 0.1) is 13.8 Å². The van der Waals surface area contributed by atoms with Crippen molar-refractivity contribution in [3.8, 4) is 0 Å². The lowest BCUT2D eigenvalue weighted by Crippen LogP contribution is -1.89. The lowest BCUT2D eigenvalue weighted by Gasteiger charge is -2.08. The quantitative estimate of drug-likeness (QED) is 0.415. The fraction of sp³-hybridized carbons (Fsp3) is 0.714. The molecule has 0 fully saturated rings. The molecule has 0 spiro atoms. The monoisotopic (exact) mass is 258 g/mol. The van der Waals surface area contributed by atoms with E-state index >= 15 is 0 Å². The molecule has 0 aromatic carbocycles. The van der Waals surface area contributed by atoms with Gasteiger partial charge >= 0.3 is 0 Å². The molecule has 0 saturated heterocycles. The van der Waals surface area contributed by atoms with Crippen molar-refractivity contribution in [1.29, 1.82) is 0 Å². The van der Waals surface area contributed by atoms with Gasteiger partial charge in [0.05, 0.1) is 5.38 Å². The molecule has 92 valence electrons. The van der Waals surface area contributed by atoms with Crippen LogP contribution in [0.2, 0.25) is 0 Å². The Morgan fingerprint density at radius 2 is 1.88 bits per heavy atom. The average Bonchev–Trinajstić information content (AvgIpc) is 2.57. The SMILES string of the molecule is CCCCCCCC(Cl)c1sc(C)cc1C. The van der Waals surface area contributed by atoms with Gasteiger partial charge in [0.2, 0.25) is 0 Å². The Kier molecular flexibility index (Phi) is 6.45. The maximum absolute atomic E-state index is 6.45. The smallest absolute Gasteiger partial charge is 0.0681 e. The molecule has 1 heterocycles. The molecule has 1 aromatic heterocycles. The molecule has 0 bridgehead atoms. The van der Waals surface area contributed by atoms with Gasteiger partial charge in [-0.2, -0.15) is 0 Å². The van der Waals surface area contributed by atoms with Crippen LogP contribution in [0.3, 0.4) is 0 Å². The first-order chi connectivity index (χ1) is 7.65. The Hall–Kier alpha value is -0.0100. The maximum atomic E-state index is 6.45. The Morgan fingerprint density at radius 3 is 2.44 bits per heavy atom. The van der Waals surface area contributed by atoms with Gasteiger partial charge in [-0.3, -0.25) is 0 Å². The minimum absolute atomic E-state index is 0.236. The van der Waals surface area contributed by atoms with E-state index in [1.165, 1.54) is 47.4 Å². The highest BCUT2D eigenvalue weighted by atomic mass is 35.5. The van der Waals surface area contributed by atoms with Crippen molar-refractivity contribution in [3.63, 3.8) is 0 Å². The Balaban J connectivity index is 2.29. The number of halogens is 1. The fourth-order valence-corrected chi connectivity index (χ4v) is 3.54. The van der Waals surface area contributed by atoms with Crippen LogP contribution in [0.25, 0.3) is 0 Å². The Labute approximate surface area is 109 Å². The third kappa shape index (κ3) is 4.47. The van der Waals surface area contributed by atoms with Crippen molar-refractivity contribution in [2.75, 3.05) is 0 Å². The summed E-state index contributed by atoms with van der Waals surface area (Å²) in [6.07, 6.45) is 7.78. The summed E-state index contributed by atoms with van der Waals surface area (Å²) >= 11 is 8.31. The summed E-state index contributed by atoms with van der Waals surface area (Å²) in [5.74, 6) is 0. The lowest BCUT2D eigenvalue weighted by molar-refractivity contribution is 0.603. The number of hydrogen-bond donors (Lipinski definition) is 0. The number of aryl methyl sites for hydroxylation is 2. The van der Waals surface area contributed by atoms with Crippen molar-refractivity contribution in [2.24, 2.45) is 0 Å². The number of alkyl halides is 1. The molecule has 0 aliphatic carbocycles. The van der Waals surface area contributed by atoms with Gasteiger partial charge in [-0.1, -0.05) is 39.0 Å². The third-order valence-corrected chi connectivity index (χ3v) is 4.76. The van der Waals surface area contributed by atoms with Crippen LogP contribution < -0.4 is 0 Å². The highest BCUT2D eigenvalue weighted by Crippen LogP contribution is 2.34. The number of hydrogen-bond acceptors (Lipinski definition) is 1. The van der Waals surface area contributed by atoms with Gasteiger partial charge in [0.15, 0.2) is 0 Å². The zero-order valence-electron chi connectivity index (χ0n) is 10.7. The second-order valence-electron chi connectivity index (χ2n) is 4.57. The van der Waals surface area contributed by atoms with Crippen LogP contribution in [0.1, 0.15) is 66.1 Å². The van der Waals surface area contributed by atoms with Crippen LogP contribution in [0.5, 0.6) is 0 Å². The van der Waals surface area contributed by atoms with E-state index in [0.717, 1.165) is 6.42 Å². The van der Waals surface area contributed by atoms with Crippen LogP contribution in [-0.4, -0.2) is 0 Å². The zero-order valence-corrected chi connectivity index (χ0v) is 12.3. The predicted octanol–water partition coefficient (Wildman–Crippen LogP) is 6.01. The first kappa shape index (κ1) is 14.1. The van der Waals surface area contributed by atoms with E-state index < -0.39 is 0 Å². The lowest BCUT2D eigenvalue weighted by atomic mass is 10.1. The van der Waals surface area contributed by atoms with Gasteiger partial charge < -0.3 is 0 Å². The molecule has 1 atom stereocenters. The molecule has 1 aromatic rings. The van der Waals surface area contributed by atoms with E-state index in [1.54, 1.807) is 0 Å². The van der Waals surface area contributed by atoms with Crippen LogP contribution in [0.15, 0.2) is 6.07 Å². The standard InChI is InChI=1S/C14H23ClS/c1-4-5-6-7-8-9-13(15)14-11(2)10-12(3)16-14/h10,13H,4-9H2,1-3H3. The van der Waals surface area contributed by atoms with E-state index in [0.29, 0.717) is 0 Å². The van der Waals surface area contributed by atoms with E-state index in [1.807, 2.05) is 11.3 Å². The van der Waals surface area contributed by atoms with E-state index in [-0.39, 0.29) is 5.38 Å². The molecular weight excluding hydrogens is 236 g/mol. The summed E-state index contributed by atoms with van der Waals surface area (Å²) in [6.45, 7) is 6.58. The highest BCUT2D eigenvalue weighted by molar-refractivity contribution is 7.12. The molecule has 0 nitrogen and oxygen atoms in total. The van der Waals surface area contributed by atoms with Crippen molar-refractivity contribution in [1.82, 2.24) is 0 Å². The number of thiophene rings is 1. The average molecular weight is 259 g/mol.